The molecule has 130 valence electrons. The molecular formula is C17H24N4O2S. The van der Waals surface area contributed by atoms with Gasteiger partial charge in [0.25, 0.3) is 5.91 Å². The molecule has 0 aliphatic rings. The van der Waals surface area contributed by atoms with Crippen molar-refractivity contribution in [2.24, 2.45) is 10.3 Å². The summed E-state index contributed by atoms with van der Waals surface area (Å²) in [7, 11) is -2.19. The molecule has 1 heterocycles. The lowest BCUT2D eigenvalue weighted by molar-refractivity contribution is 0.102. The molecular weight excluding hydrogens is 324 g/mol. The number of carbonyl (C=O) groups excluding carboxylic acids is 1. The van der Waals surface area contributed by atoms with Crippen LogP contribution in [-0.2, 0) is 16.3 Å². The fourth-order valence-corrected chi connectivity index (χ4v) is 2.89. The van der Waals surface area contributed by atoms with Gasteiger partial charge >= 0.3 is 0 Å². The number of benzene rings is 1. The van der Waals surface area contributed by atoms with Gasteiger partial charge in [-0.15, -0.1) is 0 Å². The normalized spacial score (nSPS) is 11.6. The van der Waals surface area contributed by atoms with Crippen LogP contribution < -0.4 is 5.32 Å². The summed E-state index contributed by atoms with van der Waals surface area (Å²) in [4.78, 5) is 12.4. The minimum Gasteiger partial charge on any atom is -0.322 e. The van der Waals surface area contributed by atoms with Gasteiger partial charge in [-0.1, -0.05) is 13.8 Å². The Morgan fingerprint density at radius 2 is 1.92 bits per heavy atom. The molecule has 2 rings (SSSR count). The van der Waals surface area contributed by atoms with Crippen molar-refractivity contribution < 1.29 is 9.00 Å². The van der Waals surface area contributed by atoms with E-state index < -0.39 is 9.73 Å². The van der Waals surface area contributed by atoms with Crippen molar-refractivity contribution in [1.29, 1.82) is 0 Å². The summed E-state index contributed by atoms with van der Waals surface area (Å²) in [6.07, 6.45) is 4.76. The van der Waals surface area contributed by atoms with E-state index in [4.69, 9.17) is 0 Å². The highest BCUT2D eigenvalue weighted by Crippen LogP contribution is 2.19. The molecule has 1 aromatic carbocycles. The van der Waals surface area contributed by atoms with Gasteiger partial charge < -0.3 is 5.32 Å². The zero-order valence-electron chi connectivity index (χ0n) is 14.7. The van der Waals surface area contributed by atoms with Crippen molar-refractivity contribution in [3.63, 3.8) is 0 Å². The van der Waals surface area contributed by atoms with E-state index in [1.54, 1.807) is 43.0 Å². The molecule has 0 saturated heterocycles. The SMILES string of the molecule is Cc1c(C(=O)Nc2ccc(N=S(C)(C)=O)cc2)cnn1CC(C)C. The van der Waals surface area contributed by atoms with Crippen molar-refractivity contribution in [3.05, 3.63) is 41.7 Å². The summed E-state index contributed by atoms with van der Waals surface area (Å²) in [5.74, 6) is 0.269. The third-order valence-corrected chi connectivity index (χ3v) is 3.99. The lowest BCUT2D eigenvalue weighted by Gasteiger charge is -2.08. The zero-order chi connectivity index (χ0) is 17.9. The van der Waals surface area contributed by atoms with E-state index >= 15 is 0 Å². The second-order valence-corrected chi connectivity index (χ2v) is 9.04. The van der Waals surface area contributed by atoms with Crippen molar-refractivity contribution in [3.8, 4) is 0 Å². The van der Waals surface area contributed by atoms with Gasteiger partial charge in [0.05, 0.1) is 17.4 Å². The molecule has 0 aliphatic heterocycles. The number of aromatic nitrogens is 2. The molecule has 0 atom stereocenters. The van der Waals surface area contributed by atoms with Crippen LogP contribution in [0, 0.1) is 12.8 Å². The summed E-state index contributed by atoms with van der Waals surface area (Å²) in [6, 6.07) is 6.96. The summed E-state index contributed by atoms with van der Waals surface area (Å²) >= 11 is 0. The monoisotopic (exact) mass is 348 g/mol. The van der Waals surface area contributed by atoms with Gasteiger partial charge in [0.2, 0.25) is 0 Å². The first-order valence-electron chi connectivity index (χ1n) is 7.76. The van der Waals surface area contributed by atoms with Gasteiger partial charge in [-0.05, 0) is 37.1 Å². The van der Waals surface area contributed by atoms with E-state index in [1.807, 2.05) is 11.6 Å². The number of amides is 1. The molecule has 1 amide bonds. The first-order chi connectivity index (χ1) is 11.2. The number of hydrogen-bond donors (Lipinski definition) is 1. The van der Waals surface area contributed by atoms with Crippen molar-refractivity contribution >= 4 is 27.0 Å². The molecule has 7 heteroatoms. The summed E-state index contributed by atoms with van der Waals surface area (Å²) in [6.45, 7) is 6.89. The smallest absolute Gasteiger partial charge is 0.259 e. The van der Waals surface area contributed by atoms with Crippen molar-refractivity contribution in [2.45, 2.75) is 27.3 Å². The highest BCUT2D eigenvalue weighted by Gasteiger charge is 2.15. The first-order valence-corrected chi connectivity index (χ1v) is 10.1. The lowest BCUT2D eigenvalue weighted by atomic mass is 10.2. The lowest BCUT2D eigenvalue weighted by Crippen LogP contribution is -2.14. The number of rotatable bonds is 5. The Bertz CT molecular complexity index is 836. The Balaban J connectivity index is 2.13. The number of anilines is 1. The van der Waals surface area contributed by atoms with Gasteiger partial charge in [-0.2, -0.15) is 9.46 Å². The molecule has 1 aromatic heterocycles. The van der Waals surface area contributed by atoms with E-state index in [-0.39, 0.29) is 5.91 Å². The first kappa shape index (κ1) is 18.2. The largest absolute Gasteiger partial charge is 0.322 e. The van der Waals surface area contributed by atoms with E-state index in [0.717, 1.165) is 12.2 Å². The Kier molecular flexibility index (Phi) is 5.43. The highest BCUT2D eigenvalue weighted by atomic mass is 32.2. The Hall–Kier alpha value is -2.15. The van der Waals surface area contributed by atoms with E-state index in [9.17, 15) is 9.00 Å². The zero-order valence-corrected chi connectivity index (χ0v) is 15.6. The van der Waals surface area contributed by atoms with Gasteiger partial charge in [0.1, 0.15) is 0 Å². The average molecular weight is 348 g/mol. The standard InChI is InChI=1S/C17H24N4O2S/c1-12(2)11-21-13(3)16(10-18-21)17(22)19-14-6-8-15(9-7-14)20-24(4,5)23/h6-10,12H,11H2,1-5H3,(H,19,22). The molecule has 0 spiro atoms. The highest BCUT2D eigenvalue weighted by molar-refractivity contribution is 7.92. The number of nitrogens with zero attached hydrogens (tertiary/aromatic N) is 3. The molecule has 0 radical (unpaired) electrons. The van der Waals surface area contributed by atoms with Crippen LogP contribution in [0.15, 0.2) is 34.8 Å². The van der Waals surface area contributed by atoms with Crippen LogP contribution in [-0.4, -0.2) is 32.4 Å². The fraction of sp³-hybridized carbons (Fsp3) is 0.412. The van der Waals surface area contributed by atoms with Crippen LogP contribution in [0.5, 0.6) is 0 Å². The molecule has 0 saturated carbocycles. The molecule has 0 unspecified atom stereocenters. The van der Waals surface area contributed by atoms with Crippen LogP contribution in [0.2, 0.25) is 0 Å². The third-order valence-electron chi connectivity index (χ3n) is 3.34. The van der Waals surface area contributed by atoms with Gasteiger partial charge in [0, 0.05) is 40.2 Å². The quantitative estimate of drug-likeness (QED) is 0.899. The number of carbonyl (C=O) groups is 1. The van der Waals surface area contributed by atoms with Gasteiger partial charge in [-0.3, -0.25) is 9.48 Å². The minimum absolute atomic E-state index is 0.193. The topological polar surface area (TPSA) is 76.3 Å². The van der Waals surface area contributed by atoms with Crippen LogP contribution in [0.4, 0.5) is 11.4 Å². The third kappa shape index (κ3) is 4.92. The Morgan fingerprint density at radius 3 is 2.46 bits per heavy atom. The van der Waals surface area contributed by atoms with Crippen LogP contribution in [0.1, 0.15) is 29.9 Å². The van der Waals surface area contributed by atoms with Crippen LogP contribution >= 0.6 is 0 Å². The molecule has 6 nitrogen and oxygen atoms in total. The maximum absolute atomic E-state index is 12.4. The van der Waals surface area contributed by atoms with Crippen LogP contribution in [0.3, 0.4) is 0 Å². The van der Waals surface area contributed by atoms with Crippen molar-refractivity contribution in [1.82, 2.24) is 9.78 Å². The maximum atomic E-state index is 12.4. The second-order valence-electron chi connectivity index (χ2n) is 6.49. The van der Waals surface area contributed by atoms with Crippen molar-refractivity contribution in [2.75, 3.05) is 17.8 Å². The van der Waals surface area contributed by atoms with E-state index in [2.05, 4.69) is 28.6 Å². The van der Waals surface area contributed by atoms with Gasteiger partial charge in [0.15, 0.2) is 0 Å². The molecule has 0 aliphatic carbocycles. The average Bonchev–Trinajstić information content (AvgIpc) is 2.80. The molecule has 2 aromatic rings. The predicted octanol–water partition coefficient (Wildman–Crippen LogP) is 3.46. The number of nitrogens with one attached hydrogen (secondary N) is 1. The molecule has 24 heavy (non-hydrogen) atoms. The fourth-order valence-electron chi connectivity index (χ4n) is 2.26. The summed E-state index contributed by atoms with van der Waals surface area (Å²) in [5.41, 5.74) is 2.71. The Morgan fingerprint density at radius 1 is 1.29 bits per heavy atom. The second kappa shape index (κ2) is 7.17. The van der Waals surface area contributed by atoms with Crippen LogP contribution in [0.25, 0.3) is 0 Å². The predicted molar refractivity (Wildman–Crippen MR) is 98.3 cm³/mol. The van der Waals surface area contributed by atoms with E-state index in [0.29, 0.717) is 22.9 Å². The maximum Gasteiger partial charge on any atom is 0.259 e. The molecule has 0 fully saturated rings. The summed E-state index contributed by atoms with van der Waals surface area (Å²) < 4.78 is 17.6. The number of hydrogen-bond acceptors (Lipinski definition) is 4. The molecule has 0 bridgehead atoms. The Labute approximate surface area is 143 Å². The molecule has 1 N–H and O–H groups in total. The van der Waals surface area contributed by atoms with E-state index in [1.165, 1.54) is 0 Å². The van der Waals surface area contributed by atoms with Gasteiger partial charge in [-0.25, -0.2) is 4.21 Å². The minimum atomic E-state index is -2.19. The summed E-state index contributed by atoms with van der Waals surface area (Å²) in [5, 5.41) is 7.13.